The van der Waals surface area contributed by atoms with Gasteiger partial charge in [0.1, 0.15) is 0 Å². The van der Waals surface area contributed by atoms with Crippen molar-refractivity contribution in [3.63, 3.8) is 0 Å². The van der Waals surface area contributed by atoms with E-state index in [-0.39, 0.29) is 0 Å². The van der Waals surface area contributed by atoms with Crippen LogP contribution < -0.4 is 13.2 Å². The van der Waals surface area contributed by atoms with E-state index in [1.807, 2.05) is 15.5 Å². The van der Waals surface area contributed by atoms with Crippen molar-refractivity contribution in [3.05, 3.63) is 82.4 Å². The van der Waals surface area contributed by atoms with Gasteiger partial charge in [0.2, 0.25) is 0 Å². The molecule has 3 aromatic carbocycles. The Morgan fingerprint density at radius 3 is 1.04 bits per heavy atom. The second-order valence-electron chi connectivity index (χ2n) is 23.6. The molecule has 53 heavy (non-hydrogen) atoms. The molecule has 0 aliphatic heterocycles. The van der Waals surface area contributed by atoms with E-state index >= 15 is 0 Å². The molecular weight excluding hydrogens is 814 g/mol. The molecule has 1 radical (unpaired) electrons. The number of benzene rings is 3. The quantitative estimate of drug-likeness (QED) is 0.121. The molecule has 8 heteroatoms. The second kappa shape index (κ2) is 16.6. The van der Waals surface area contributed by atoms with Crippen LogP contribution in [0.1, 0.15) is 82.8 Å². The number of thiol groups is 1. The average Bonchev–Trinajstić information content (AvgIpc) is 2.90. The van der Waals surface area contributed by atoms with Gasteiger partial charge in [-0.3, -0.25) is 0 Å². The molecule has 0 saturated carbocycles. The van der Waals surface area contributed by atoms with E-state index in [0.717, 1.165) is 0 Å². The Morgan fingerprint density at radius 1 is 0.415 bits per heavy atom. The first-order valence-electron chi connectivity index (χ1n) is 20.7. The molecule has 0 spiro atoms. The summed E-state index contributed by atoms with van der Waals surface area (Å²) in [6.45, 7) is 58.4. The van der Waals surface area contributed by atoms with Crippen molar-refractivity contribution < 1.29 is 0 Å². The Hall–Kier alpha value is -0.146. The fourth-order valence-corrected chi connectivity index (χ4v) is 59.2. The van der Waals surface area contributed by atoms with Gasteiger partial charge in [0.15, 0.2) is 0 Å². The topological polar surface area (TPSA) is 0 Å². The van der Waals surface area contributed by atoms with Crippen molar-refractivity contribution in [3.8, 4) is 0 Å². The van der Waals surface area contributed by atoms with Gasteiger partial charge in [0, 0.05) is 0 Å². The SMILES string of the molecule is CC(C)c1cccc(C(C)C)[c]1[Ge]([c]1ccccc1S)[c]1c(C([Si](C)(C)C)[Si](C)(C)C)cc(C([Si](C)(C)C)[Si](C)(C)C)cc1C([Si](C)(C)C)[Si](C)(C)C. The molecule has 0 unspecified atom stereocenters. The van der Waals surface area contributed by atoms with Gasteiger partial charge >= 0.3 is 349 Å². The summed E-state index contributed by atoms with van der Waals surface area (Å²) < 4.78 is 5.15. The van der Waals surface area contributed by atoms with Crippen LogP contribution in [0.3, 0.4) is 0 Å². The molecule has 0 atom stereocenters. The van der Waals surface area contributed by atoms with Crippen LogP contribution in [0.25, 0.3) is 0 Å². The van der Waals surface area contributed by atoms with Crippen molar-refractivity contribution >= 4 is 88.6 Å². The molecule has 0 aromatic heterocycles. The van der Waals surface area contributed by atoms with Crippen LogP contribution >= 0.6 is 12.6 Å². The van der Waals surface area contributed by atoms with Crippen LogP contribution in [-0.4, -0.2) is 62.8 Å². The van der Waals surface area contributed by atoms with Gasteiger partial charge in [-0.15, -0.1) is 0 Å². The molecule has 0 aliphatic carbocycles. The summed E-state index contributed by atoms with van der Waals surface area (Å²) in [6, 6.07) is 22.6. The first-order valence-corrected chi connectivity index (χ1v) is 45.7. The van der Waals surface area contributed by atoms with Gasteiger partial charge in [-0.25, -0.2) is 0 Å². The minimum atomic E-state index is -2.57. The summed E-state index contributed by atoms with van der Waals surface area (Å²) in [5.41, 5.74) is 8.54. The molecule has 3 aromatic rings. The zero-order valence-corrected chi connectivity index (χ0v) is 47.5. The van der Waals surface area contributed by atoms with E-state index in [4.69, 9.17) is 12.6 Å². The van der Waals surface area contributed by atoms with Crippen LogP contribution in [-0.2, 0) is 0 Å². The monoisotopic (exact) mass is 895 g/mol. The predicted octanol–water partition coefficient (Wildman–Crippen LogP) is 13.3. The van der Waals surface area contributed by atoms with Gasteiger partial charge in [0.25, 0.3) is 0 Å². The van der Waals surface area contributed by atoms with Gasteiger partial charge in [-0.1, -0.05) is 0 Å². The van der Waals surface area contributed by atoms with Crippen LogP contribution in [0.4, 0.5) is 0 Å². The fraction of sp³-hybridized carbons (Fsp3) is 0.600. The Morgan fingerprint density at radius 2 is 0.736 bits per heavy atom. The Balaban J connectivity index is 3.01. The summed E-state index contributed by atoms with van der Waals surface area (Å²) in [4.78, 5) is 1.20. The van der Waals surface area contributed by atoms with Crippen LogP contribution in [0.5, 0.6) is 0 Å². The predicted molar refractivity (Wildman–Crippen MR) is 268 cm³/mol. The molecule has 0 fully saturated rings. The molecule has 0 nitrogen and oxygen atoms in total. The van der Waals surface area contributed by atoms with E-state index < -0.39 is 62.8 Å². The summed E-state index contributed by atoms with van der Waals surface area (Å²) in [5.74, 6) is 0.921. The van der Waals surface area contributed by atoms with E-state index in [1.54, 1.807) is 25.5 Å². The van der Waals surface area contributed by atoms with Crippen molar-refractivity contribution in [2.45, 2.75) is 178 Å². The molecule has 0 N–H and O–H groups in total. The summed E-state index contributed by atoms with van der Waals surface area (Å²) in [5, 5.41) is 2.05. The fourth-order valence-electron chi connectivity index (χ4n) is 11.3. The second-order valence-corrected chi connectivity index (χ2v) is 62.5. The van der Waals surface area contributed by atoms with E-state index in [2.05, 4.69) is 200 Å². The van der Waals surface area contributed by atoms with Gasteiger partial charge < -0.3 is 0 Å². The third-order valence-electron chi connectivity index (χ3n) is 11.4. The Labute approximate surface area is 346 Å². The normalized spacial score (nSPS) is 14.2. The standard InChI is InChI=1S/C45H81GeSSi6/c1-32(2)35-26-25-27-36(33(3)4)41(35)46(39-28-23-24-29-40(39)47)42-37(44(50(11,12)13)51(14,15)16)30-34(43(48(5,6)7)49(8,9)10)31-38(42)45(52(17,18)19)53(20,21)22/h23-33,43-45,47H,1-22H3. The van der Waals surface area contributed by atoms with Crippen LogP contribution in [0.2, 0.25) is 118 Å². The Bertz CT molecular complexity index is 1600. The minimum absolute atomic E-state index is 0.460. The van der Waals surface area contributed by atoms with E-state index in [1.165, 1.54) is 4.90 Å². The zero-order chi connectivity index (χ0) is 41.0. The van der Waals surface area contributed by atoms with Crippen molar-refractivity contribution in [2.75, 3.05) is 0 Å². The van der Waals surface area contributed by atoms with E-state index in [0.29, 0.717) is 27.3 Å². The van der Waals surface area contributed by atoms with E-state index in [9.17, 15) is 0 Å². The summed E-state index contributed by atoms with van der Waals surface area (Å²) >= 11 is 2.86. The molecule has 0 amide bonds. The maximum atomic E-state index is 5.43. The first kappa shape index (κ1) is 47.2. The number of rotatable bonds is 14. The number of hydrogen-bond donors (Lipinski definition) is 1. The molecule has 0 saturated heterocycles. The average molecular weight is 895 g/mol. The third-order valence-corrected chi connectivity index (χ3v) is 46.7. The molecule has 0 heterocycles. The van der Waals surface area contributed by atoms with Crippen LogP contribution in [0, 0.1) is 0 Å². The van der Waals surface area contributed by atoms with Crippen molar-refractivity contribution in [1.29, 1.82) is 0 Å². The molecule has 0 aliphatic rings. The first-order chi connectivity index (χ1) is 23.7. The third kappa shape index (κ3) is 10.9. The maximum absolute atomic E-state index is 5.43. The molecular formula is C45H81GeSSi6. The summed E-state index contributed by atoms with van der Waals surface area (Å²) in [7, 11) is -10.0. The van der Waals surface area contributed by atoms with Gasteiger partial charge in [-0.05, 0) is 0 Å². The van der Waals surface area contributed by atoms with Crippen molar-refractivity contribution in [2.24, 2.45) is 0 Å². The number of hydrogen-bond acceptors (Lipinski definition) is 1. The van der Waals surface area contributed by atoms with Crippen molar-refractivity contribution in [1.82, 2.24) is 0 Å². The van der Waals surface area contributed by atoms with Crippen LogP contribution in [0.15, 0.2) is 59.5 Å². The summed E-state index contributed by atoms with van der Waals surface area (Å²) in [6.07, 6.45) is 0. The molecule has 295 valence electrons. The zero-order valence-electron chi connectivity index (χ0n) is 38.5. The van der Waals surface area contributed by atoms with Gasteiger partial charge in [0.05, 0.1) is 0 Å². The Kier molecular flexibility index (Phi) is 14.8. The molecule has 3 rings (SSSR count). The molecule has 0 bridgehead atoms. The van der Waals surface area contributed by atoms with Gasteiger partial charge in [-0.2, -0.15) is 0 Å².